The molecule has 0 fully saturated rings. The molecule has 1 heterocycles. The minimum atomic E-state index is -0.299. The van der Waals surface area contributed by atoms with Crippen LogP contribution in [-0.2, 0) is 6.42 Å². The highest BCUT2D eigenvalue weighted by molar-refractivity contribution is 6.35. The lowest BCUT2D eigenvalue weighted by molar-refractivity contribution is 0.102. The second-order valence-electron chi connectivity index (χ2n) is 9.00. The van der Waals surface area contributed by atoms with Gasteiger partial charge in [0.05, 0.1) is 16.4 Å². The largest absolute Gasteiger partial charge is 0.321 e. The molecule has 4 aromatic carbocycles. The van der Waals surface area contributed by atoms with Crippen molar-refractivity contribution in [3.63, 3.8) is 0 Å². The molecule has 0 unspecified atom stereocenters. The third-order valence-electron chi connectivity index (χ3n) is 6.64. The number of rotatable bonds is 4. The van der Waals surface area contributed by atoms with E-state index in [0.29, 0.717) is 26.4 Å². The van der Waals surface area contributed by atoms with Gasteiger partial charge in [0, 0.05) is 26.9 Å². The van der Waals surface area contributed by atoms with Crippen molar-refractivity contribution in [2.24, 2.45) is 0 Å². The molecule has 0 atom stereocenters. The van der Waals surface area contributed by atoms with Gasteiger partial charge < -0.3 is 5.32 Å². The number of fused-ring (bicyclic) bond motifs is 3. The zero-order chi connectivity index (χ0) is 25.7. The summed E-state index contributed by atoms with van der Waals surface area (Å²) in [7, 11) is 0. The van der Waals surface area contributed by atoms with E-state index in [1.54, 1.807) is 35.0 Å². The number of nitrogens with one attached hydrogen (secondary N) is 1. The Labute approximate surface area is 229 Å². The SMILES string of the molecule is Cc1c(C(=O)Nc2ccc3c(c2)Cc2ccccc2-3)nn(-c2ccc(Cl)cc2Cl)c1-c1ccc(Cl)cc1. The van der Waals surface area contributed by atoms with E-state index in [0.717, 1.165) is 28.9 Å². The summed E-state index contributed by atoms with van der Waals surface area (Å²) < 4.78 is 1.69. The maximum atomic E-state index is 13.5. The minimum Gasteiger partial charge on any atom is -0.321 e. The second kappa shape index (κ2) is 9.38. The van der Waals surface area contributed by atoms with Gasteiger partial charge in [-0.25, -0.2) is 4.68 Å². The molecule has 0 saturated carbocycles. The Morgan fingerprint density at radius 2 is 1.57 bits per heavy atom. The highest BCUT2D eigenvalue weighted by atomic mass is 35.5. The van der Waals surface area contributed by atoms with Crippen LogP contribution in [0.15, 0.2) is 84.9 Å². The van der Waals surface area contributed by atoms with Crippen LogP contribution in [0.2, 0.25) is 15.1 Å². The maximum Gasteiger partial charge on any atom is 0.276 e. The fourth-order valence-corrected chi connectivity index (χ4v) is 5.51. The number of aromatic nitrogens is 2. The molecule has 0 spiro atoms. The van der Waals surface area contributed by atoms with Gasteiger partial charge in [0.1, 0.15) is 0 Å². The normalized spacial score (nSPS) is 11.8. The van der Waals surface area contributed by atoms with Gasteiger partial charge in [-0.15, -0.1) is 0 Å². The highest BCUT2D eigenvalue weighted by Crippen LogP contribution is 2.38. The Bertz CT molecular complexity index is 1690. The van der Waals surface area contributed by atoms with Crippen LogP contribution in [-0.4, -0.2) is 15.7 Å². The monoisotopic (exact) mass is 543 g/mol. The molecule has 0 radical (unpaired) electrons. The molecule has 182 valence electrons. The van der Waals surface area contributed by atoms with Crippen LogP contribution in [0.25, 0.3) is 28.1 Å². The quantitative estimate of drug-likeness (QED) is 0.241. The van der Waals surface area contributed by atoms with Gasteiger partial charge >= 0.3 is 0 Å². The number of anilines is 1. The lowest BCUT2D eigenvalue weighted by Gasteiger charge is -2.11. The third-order valence-corrected chi connectivity index (χ3v) is 7.43. The van der Waals surface area contributed by atoms with Crippen molar-refractivity contribution in [1.29, 1.82) is 0 Å². The van der Waals surface area contributed by atoms with Gasteiger partial charge in [-0.05, 0) is 78.1 Å². The molecule has 1 aliphatic carbocycles. The van der Waals surface area contributed by atoms with Crippen LogP contribution in [0.4, 0.5) is 5.69 Å². The predicted octanol–water partition coefficient (Wildman–Crippen LogP) is 8.63. The van der Waals surface area contributed by atoms with Gasteiger partial charge in [-0.3, -0.25) is 4.79 Å². The second-order valence-corrected chi connectivity index (χ2v) is 10.3. The lowest BCUT2D eigenvalue weighted by atomic mass is 10.0. The van der Waals surface area contributed by atoms with E-state index in [2.05, 4.69) is 29.6 Å². The topological polar surface area (TPSA) is 46.9 Å². The van der Waals surface area contributed by atoms with E-state index >= 15 is 0 Å². The average Bonchev–Trinajstić information content (AvgIpc) is 3.42. The van der Waals surface area contributed by atoms with Gasteiger partial charge in [0.15, 0.2) is 5.69 Å². The standard InChI is InChI=1S/C30H20Cl3N3O/c1-17-28(30(37)34-23-11-12-25-20(15-23)14-19-4-2-3-5-24(19)25)35-36(27-13-10-22(32)16-26(27)33)29(17)18-6-8-21(31)9-7-18/h2-13,15-16H,14H2,1H3,(H,34,37). The van der Waals surface area contributed by atoms with Gasteiger partial charge in [0.2, 0.25) is 0 Å². The summed E-state index contributed by atoms with van der Waals surface area (Å²) in [5.41, 5.74) is 8.91. The molecule has 4 nitrogen and oxygen atoms in total. The zero-order valence-electron chi connectivity index (χ0n) is 19.7. The number of carbonyl (C=O) groups is 1. The first-order chi connectivity index (χ1) is 17.9. The molecule has 1 amide bonds. The summed E-state index contributed by atoms with van der Waals surface area (Å²) in [5.74, 6) is -0.299. The Kier molecular flexibility index (Phi) is 6.04. The Morgan fingerprint density at radius 3 is 2.35 bits per heavy atom. The van der Waals surface area contributed by atoms with E-state index in [1.165, 1.54) is 22.3 Å². The summed E-state index contributed by atoms with van der Waals surface area (Å²) in [5, 5.41) is 9.32. The number of carbonyl (C=O) groups excluding carboxylic acids is 1. The number of nitrogens with zero attached hydrogens (tertiary/aromatic N) is 2. The number of halogens is 3. The van der Waals surface area contributed by atoms with Crippen LogP contribution in [0.5, 0.6) is 0 Å². The number of hydrogen-bond acceptors (Lipinski definition) is 2. The van der Waals surface area contributed by atoms with Crippen LogP contribution < -0.4 is 5.32 Å². The van der Waals surface area contributed by atoms with Crippen molar-refractivity contribution >= 4 is 46.4 Å². The first-order valence-electron chi connectivity index (χ1n) is 11.7. The van der Waals surface area contributed by atoms with Crippen LogP contribution in [0, 0.1) is 6.92 Å². The van der Waals surface area contributed by atoms with Crippen molar-refractivity contribution in [3.05, 3.63) is 122 Å². The highest BCUT2D eigenvalue weighted by Gasteiger charge is 2.24. The Morgan fingerprint density at radius 1 is 0.838 bits per heavy atom. The van der Waals surface area contributed by atoms with Crippen LogP contribution in [0.3, 0.4) is 0 Å². The molecular weight excluding hydrogens is 525 g/mol. The maximum absolute atomic E-state index is 13.5. The zero-order valence-corrected chi connectivity index (χ0v) is 22.0. The van der Waals surface area contributed by atoms with E-state index in [1.807, 2.05) is 37.3 Å². The molecular formula is C30H20Cl3N3O. The first kappa shape index (κ1) is 23.8. The average molecular weight is 545 g/mol. The summed E-state index contributed by atoms with van der Waals surface area (Å²) >= 11 is 18.8. The predicted molar refractivity (Wildman–Crippen MR) is 151 cm³/mol. The first-order valence-corrected chi connectivity index (χ1v) is 12.9. The molecule has 0 saturated heterocycles. The lowest BCUT2D eigenvalue weighted by Crippen LogP contribution is -2.14. The Hall–Kier alpha value is -3.57. The fourth-order valence-electron chi connectivity index (χ4n) is 4.90. The number of amides is 1. The molecule has 0 bridgehead atoms. The van der Waals surface area contributed by atoms with E-state index in [4.69, 9.17) is 39.9 Å². The van der Waals surface area contributed by atoms with Crippen molar-refractivity contribution < 1.29 is 4.79 Å². The van der Waals surface area contributed by atoms with Gasteiger partial charge in [0.25, 0.3) is 5.91 Å². The summed E-state index contributed by atoms with van der Waals surface area (Å²) in [6, 6.07) is 27.0. The van der Waals surface area contributed by atoms with E-state index < -0.39 is 0 Å². The molecule has 1 aliphatic rings. The van der Waals surface area contributed by atoms with Crippen molar-refractivity contribution in [2.75, 3.05) is 5.32 Å². The molecule has 5 aromatic rings. The Balaban J connectivity index is 1.39. The van der Waals surface area contributed by atoms with Crippen molar-refractivity contribution in [3.8, 4) is 28.1 Å². The van der Waals surface area contributed by atoms with Crippen LogP contribution >= 0.6 is 34.8 Å². The van der Waals surface area contributed by atoms with Gasteiger partial charge in [-0.2, -0.15) is 5.10 Å². The van der Waals surface area contributed by atoms with Crippen molar-refractivity contribution in [1.82, 2.24) is 9.78 Å². The van der Waals surface area contributed by atoms with Crippen molar-refractivity contribution in [2.45, 2.75) is 13.3 Å². The number of benzene rings is 4. The molecule has 7 heteroatoms. The summed E-state index contributed by atoms with van der Waals surface area (Å²) in [4.78, 5) is 13.5. The minimum absolute atomic E-state index is 0.299. The smallest absolute Gasteiger partial charge is 0.276 e. The molecule has 1 N–H and O–H groups in total. The van der Waals surface area contributed by atoms with Crippen LogP contribution in [0.1, 0.15) is 27.2 Å². The third kappa shape index (κ3) is 4.31. The summed E-state index contributed by atoms with van der Waals surface area (Å²) in [6.07, 6.45) is 0.846. The molecule has 0 aliphatic heterocycles. The molecule has 1 aromatic heterocycles. The molecule has 6 rings (SSSR count). The fraction of sp³-hybridized carbons (Fsp3) is 0.0667. The number of hydrogen-bond donors (Lipinski definition) is 1. The van der Waals surface area contributed by atoms with E-state index in [-0.39, 0.29) is 5.91 Å². The van der Waals surface area contributed by atoms with Gasteiger partial charge in [-0.1, -0.05) is 77.3 Å². The molecule has 37 heavy (non-hydrogen) atoms. The van der Waals surface area contributed by atoms with E-state index in [9.17, 15) is 4.79 Å². The summed E-state index contributed by atoms with van der Waals surface area (Å²) in [6.45, 7) is 1.88.